The minimum atomic E-state index is 0.222. The van der Waals surface area contributed by atoms with Crippen LogP contribution in [0.15, 0.2) is 18.2 Å². The largest absolute Gasteiger partial charge is 0.366 e. The molecule has 2 atom stereocenters. The Hall–Kier alpha value is -0.770. The molecule has 0 amide bonds. The van der Waals surface area contributed by atoms with Gasteiger partial charge in [0.05, 0.1) is 10.7 Å². The molecule has 0 bridgehead atoms. The van der Waals surface area contributed by atoms with Crippen molar-refractivity contribution in [2.24, 2.45) is 5.73 Å². The van der Waals surface area contributed by atoms with Gasteiger partial charge in [0.15, 0.2) is 0 Å². The third kappa shape index (κ3) is 4.35. The van der Waals surface area contributed by atoms with Gasteiger partial charge in [-0.3, -0.25) is 0 Å². The quantitative estimate of drug-likeness (QED) is 0.876. The first kappa shape index (κ1) is 16.6. The highest BCUT2D eigenvalue weighted by Crippen LogP contribution is 2.33. The van der Waals surface area contributed by atoms with Crippen molar-refractivity contribution in [2.75, 3.05) is 32.1 Å². The Balaban J connectivity index is 2.12. The predicted octanol–water partition coefficient (Wildman–Crippen LogP) is 3.15. The number of anilines is 1. The lowest BCUT2D eigenvalue weighted by Crippen LogP contribution is -2.37. The van der Waals surface area contributed by atoms with E-state index in [-0.39, 0.29) is 6.04 Å². The van der Waals surface area contributed by atoms with Crippen LogP contribution < -0.4 is 10.6 Å². The summed E-state index contributed by atoms with van der Waals surface area (Å²) in [6.45, 7) is 4.31. The minimum Gasteiger partial charge on any atom is -0.366 e. The van der Waals surface area contributed by atoms with E-state index in [4.69, 9.17) is 17.3 Å². The van der Waals surface area contributed by atoms with Crippen LogP contribution in [0.25, 0.3) is 0 Å². The number of nitrogens with two attached hydrogens (primary N) is 1. The van der Waals surface area contributed by atoms with Gasteiger partial charge in [-0.15, -0.1) is 0 Å². The Morgan fingerprint density at radius 1 is 1.43 bits per heavy atom. The van der Waals surface area contributed by atoms with E-state index >= 15 is 0 Å². The Morgan fingerprint density at radius 2 is 2.19 bits per heavy atom. The highest BCUT2D eigenvalue weighted by molar-refractivity contribution is 6.33. The van der Waals surface area contributed by atoms with E-state index < -0.39 is 0 Å². The molecule has 4 heteroatoms. The Kier molecular flexibility index (Phi) is 5.91. The molecule has 2 N–H and O–H groups in total. The molecule has 0 aliphatic carbocycles. The van der Waals surface area contributed by atoms with Gasteiger partial charge in [-0.2, -0.15) is 0 Å². The van der Waals surface area contributed by atoms with E-state index in [1.165, 1.54) is 24.1 Å². The van der Waals surface area contributed by atoms with Crippen LogP contribution in [0.4, 0.5) is 5.69 Å². The second-order valence-corrected chi connectivity index (χ2v) is 6.82. The molecule has 1 fully saturated rings. The number of halogens is 1. The van der Waals surface area contributed by atoms with Gasteiger partial charge in [0.25, 0.3) is 0 Å². The summed E-state index contributed by atoms with van der Waals surface area (Å²) >= 11 is 6.54. The first-order valence-corrected chi connectivity index (χ1v) is 8.34. The molecule has 1 aromatic carbocycles. The van der Waals surface area contributed by atoms with Crippen molar-refractivity contribution < 1.29 is 0 Å². The molecule has 1 aliphatic rings. The van der Waals surface area contributed by atoms with Crippen molar-refractivity contribution in [2.45, 2.75) is 44.7 Å². The Bertz CT molecular complexity index is 461. The summed E-state index contributed by atoms with van der Waals surface area (Å²) in [7, 11) is 4.26. The van der Waals surface area contributed by atoms with Crippen LogP contribution in [-0.2, 0) is 6.42 Å². The zero-order valence-corrected chi connectivity index (χ0v) is 14.2. The molecule has 2 rings (SSSR count). The van der Waals surface area contributed by atoms with Gasteiger partial charge in [0.1, 0.15) is 0 Å². The molecular weight excluding hydrogens is 282 g/mol. The van der Waals surface area contributed by atoms with Crippen LogP contribution in [0.1, 0.15) is 31.7 Å². The van der Waals surface area contributed by atoms with Crippen LogP contribution in [0, 0.1) is 0 Å². The smallest absolute Gasteiger partial charge is 0.0642 e. The first-order valence-electron chi connectivity index (χ1n) is 7.96. The third-order valence-electron chi connectivity index (χ3n) is 4.30. The summed E-state index contributed by atoms with van der Waals surface area (Å²) in [4.78, 5) is 4.72. The molecule has 118 valence electrons. The van der Waals surface area contributed by atoms with Gasteiger partial charge < -0.3 is 15.5 Å². The SMILES string of the molecule is CCC(N)Cc1ccc(N2CCCC2CN(C)C)c(Cl)c1. The van der Waals surface area contributed by atoms with Crippen LogP contribution in [0.5, 0.6) is 0 Å². The monoisotopic (exact) mass is 309 g/mol. The summed E-state index contributed by atoms with van der Waals surface area (Å²) in [5.74, 6) is 0. The van der Waals surface area contributed by atoms with Gasteiger partial charge >= 0.3 is 0 Å². The molecule has 3 nitrogen and oxygen atoms in total. The zero-order chi connectivity index (χ0) is 15.4. The van der Waals surface area contributed by atoms with Gasteiger partial charge in [0, 0.05) is 25.2 Å². The van der Waals surface area contributed by atoms with Gasteiger partial charge in [-0.05, 0) is 57.5 Å². The van der Waals surface area contributed by atoms with Crippen LogP contribution in [0.2, 0.25) is 5.02 Å². The first-order chi connectivity index (χ1) is 10.0. The Labute approximate surface area is 134 Å². The van der Waals surface area contributed by atoms with Crippen molar-refractivity contribution in [3.8, 4) is 0 Å². The molecule has 0 radical (unpaired) electrons. The lowest BCUT2D eigenvalue weighted by molar-refractivity contribution is 0.372. The molecular formula is C17H28ClN3. The number of hydrogen-bond acceptors (Lipinski definition) is 3. The van der Waals surface area contributed by atoms with Crippen molar-refractivity contribution in [3.05, 3.63) is 28.8 Å². The molecule has 1 aliphatic heterocycles. The second-order valence-electron chi connectivity index (χ2n) is 6.41. The fourth-order valence-corrected chi connectivity index (χ4v) is 3.43. The summed E-state index contributed by atoms with van der Waals surface area (Å²) < 4.78 is 0. The lowest BCUT2D eigenvalue weighted by atomic mass is 10.0. The topological polar surface area (TPSA) is 32.5 Å². The van der Waals surface area contributed by atoms with Crippen LogP contribution in [0.3, 0.4) is 0 Å². The molecule has 1 aromatic rings. The number of nitrogens with zero attached hydrogens (tertiary/aromatic N) is 2. The van der Waals surface area contributed by atoms with Crippen molar-refractivity contribution >= 4 is 17.3 Å². The van der Waals surface area contributed by atoms with E-state index in [9.17, 15) is 0 Å². The van der Waals surface area contributed by atoms with Crippen molar-refractivity contribution in [1.82, 2.24) is 4.90 Å². The number of hydrogen-bond donors (Lipinski definition) is 1. The summed E-state index contributed by atoms with van der Waals surface area (Å²) in [5, 5.41) is 0.862. The van der Waals surface area contributed by atoms with E-state index in [2.05, 4.69) is 49.0 Å². The van der Waals surface area contributed by atoms with E-state index in [1.54, 1.807) is 0 Å². The predicted molar refractivity (Wildman–Crippen MR) is 92.3 cm³/mol. The highest BCUT2D eigenvalue weighted by Gasteiger charge is 2.26. The Morgan fingerprint density at radius 3 is 2.81 bits per heavy atom. The molecule has 1 saturated heterocycles. The summed E-state index contributed by atoms with van der Waals surface area (Å²) in [5.41, 5.74) is 8.45. The lowest BCUT2D eigenvalue weighted by Gasteiger charge is -2.30. The average molecular weight is 310 g/mol. The van der Waals surface area contributed by atoms with E-state index in [0.717, 1.165) is 31.0 Å². The van der Waals surface area contributed by atoms with Gasteiger partial charge in [-0.25, -0.2) is 0 Å². The van der Waals surface area contributed by atoms with E-state index in [0.29, 0.717) is 6.04 Å². The van der Waals surface area contributed by atoms with Crippen LogP contribution in [-0.4, -0.2) is 44.2 Å². The number of likely N-dealkylation sites (N-methyl/N-ethyl adjacent to an activating group) is 1. The minimum absolute atomic E-state index is 0.222. The van der Waals surface area contributed by atoms with Crippen molar-refractivity contribution in [1.29, 1.82) is 0 Å². The fourth-order valence-electron chi connectivity index (χ4n) is 3.12. The van der Waals surface area contributed by atoms with Gasteiger partial charge in [-0.1, -0.05) is 24.6 Å². The fraction of sp³-hybridized carbons (Fsp3) is 0.647. The standard InChI is InChI=1S/C17H28ClN3/c1-4-14(19)10-13-7-8-17(16(18)11-13)21-9-5-6-15(21)12-20(2)3/h7-8,11,14-15H,4-6,9-10,12,19H2,1-3H3. The average Bonchev–Trinajstić information content (AvgIpc) is 2.86. The van der Waals surface area contributed by atoms with Gasteiger partial charge in [0.2, 0.25) is 0 Å². The third-order valence-corrected chi connectivity index (χ3v) is 4.60. The molecule has 1 heterocycles. The molecule has 0 aromatic heterocycles. The maximum absolute atomic E-state index is 6.54. The number of rotatable bonds is 6. The maximum Gasteiger partial charge on any atom is 0.0642 e. The molecule has 0 spiro atoms. The number of benzene rings is 1. The summed E-state index contributed by atoms with van der Waals surface area (Å²) in [6.07, 6.45) is 4.39. The maximum atomic E-state index is 6.54. The summed E-state index contributed by atoms with van der Waals surface area (Å²) in [6, 6.07) is 7.24. The molecule has 2 unspecified atom stereocenters. The van der Waals surface area contributed by atoms with Crippen LogP contribution >= 0.6 is 11.6 Å². The van der Waals surface area contributed by atoms with Crippen molar-refractivity contribution in [3.63, 3.8) is 0 Å². The second kappa shape index (κ2) is 7.48. The zero-order valence-electron chi connectivity index (χ0n) is 13.5. The van der Waals surface area contributed by atoms with E-state index in [1.807, 2.05) is 0 Å². The molecule has 21 heavy (non-hydrogen) atoms. The highest BCUT2D eigenvalue weighted by atomic mass is 35.5. The molecule has 0 saturated carbocycles. The normalized spacial score (nSPS) is 20.3.